The fraction of sp³-hybridized carbons (Fsp3) is 0.364. The Balaban J connectivity index is 0.000000209. The molecule has 0 aromatic carbocycles. The first-order valence-electron chi connectivity index (χ1n) is 5.21. The summed E-state index contributed by atoms with van der Waals surface area (Å²) in [7, 11) is 0. The van der Waals surface area contributed by atoms with E-state index in [1.807, 2.05) is 12.4 Å². The molecule has 1 aromatic rings. The molecule has 0 bridgehead atoms. The lowest BCUT2D eigenvalue weighted by atomic mass is 10.1. The minimum Gasteiger partial charge on any atom is -0.473 e. The van der Waals surface area contributed by atoms with Gasteiger partial charge in [-0.25, -0.2) is 9.59 Å². The summed E-state index contributed by atoms with van der Waals surface area (Å²) in [4.78, 5) is 22.2. The van der Waals surface area contributed by atoms with Crippen molar-refractivity contribution in [3.05, 3.63) is 30.1 Å². The summed E-state index contributed by atoms with van der Waals surface area (Å²) >= 11 is 0. The molecule has 1 unspecified atom stereocenters. The first kappa shape index (κ1) is 13.1. The number of carboxylic acids is 2. The van der Waals surface area contributed by atoms with Crippen molar-refractivity contribution < 1.29 is 19.8 Å². The van der Waals surface area contributed by atoms with E-state index in [9.17, 15) is 0 Å². The van der Waals surface area contributed by atoms with Crippen molar-refractivity contribution in [1.82, 2.24) is 10.3 Å². The molecule has 6 heteroatoms. The van der Waals surface area contributed by atoms with Gasteiger partial charge in [0.25, 0.3) is 0 Å². The van der Waals surface area contributed by atoms with Crippen LogP contribution in [0.4, 0.5) is 0 Å². The predicted octanol–water partition coefficient (Wildman–Crippen LogP) is 0.662. The van der Waals surface area contributed by atoms with Crippen LogP contribution in [0.5, 0.6) is 0 Å². The lowest BCUT2D eigenvalue weighted by Gasteiger charge is -2.08. The number of hydrogen-bond donors (Lipinski definition) is 3. The van der Waals surface area contributed by atoms with Gasteiger partial charge in [-0.2, -0.15) is 0 Å². The van der Waals surface area contributed by atoms with Gasteiger partial charge in [-0.1, -0.05) is 0 Å². The Labute approximate surface area is 98.3 Å². The fourth-order valence-corrected chi connectivity index (χ4v) is 1.56. The van der Waals surface area contributed by atoms with E-state index in [2.05, 4.69) is 22.4 Å². The first-order valence-corrected chi connectivity index (χ1v) is 5.21. The van der Waals surface area contributed by atoms with E-state index in [1.54, 1.807) is 0 Å². The van der Waals surface area contributed by atoms with E-state index in [0.717, 1.165) is 6.54 Å². The molecule has 0 radical (unpaired) electrons. The molecule has 92 valence electrons. The Morgan fingerprint density at radius 2 is 1.82 bits per heavy atom. The Morgan fingerprint density at radius 3 is 2.24 bits per heavy atom. The fourth-order valence-electron chi connectivity index (χ4n) is 1.56. The zero-order chi connectivity index (χ0) is 12.7. The molecule has 1 aliphatic rings. The molecule has 17 heavy (non-hydrogen) atoms. The van der Waals surface area contributed by atoms with Crippen LogP contribution in [0.3, 0.4) is 0 Å². The summed E-state index contributed by atoms with van der Waals surface area (Å²) in [5, 5.41) is 18.2. The van der Waals surface area contributed by atoms with Crippen LogP contribution in [-0.2, 0) is 9.59 Å². The third kappa shape index (κ3) is 4.60. The average molecular weight is 238 g/mol. The van der Waals surface area contributed by atoms with Crippen LogP contribution in [0.25, 0.3) is 0 Å². The van der Waals surface area contributed by atoms with E-state index in [4.69, 9.17) is 19.8 Å². The van der Waals surface area contributed by atoms with Crippen molar-refractivity contribution in [2.45, 2.75) is 18.9 Å². The van der Waals surface area contributed by atoms with Crippen molar-refractivity contribution >= 4 is 11.9 Å². The van der Waals surface area contributed by atoms with Crippen LogP contribution >= 0.6 is 0 Å². The molecule has 0 aliphatic carbocycles. The second-order valence-electron chi connectivity index (χ2n) is 3.54. The Kier molecular flexibility index (Phi) is 5.09. The molecule has 0 spiro atoms. The van der Waals surface area contributed by atoms with Gasteiger partial charge in [-0.3, -0.25) is 4.98 Å². The summed E-state index contributed by atoms with van der Waals surface area (Å²) in [6.07, 6.45) is 6.28. The molecule has 0 amide bonds. The van der Waals surface area contributed by atoms with E-state index in [-0.39, 0.29) is 0 Å². The van der Waals surface area contributed by atoms with Crippen molar-refractivity contribution in [3.63, 3.8) is 0 Å². The van der Waals surface area contributed by atoms with Gasteiger partial charge >= 0.3 is 11.9 Å². The number of hydrogen-bond acceptors (Lipinski definition) is 4. The van der Waals surface area contributed by atoms with Gasteiger partial charge in [-0.15, -0.1) is 0 Å². The minimum absolute atomic E-state index is 0.581. The highest BCUT2D eigenvalue weighted by atomic mass is 16.4. The highest BCUT2D eigenvalue weighted by Crippen LogP contribution is 2.21. The number of pyridine rings is 1. The zero-order valence-corrected chi connectivity index (χ0v) is 9.17. The van der Waals surface area contributed by atoms with Gasteiger partial charge < -0.3 is 15.5 Å². The summed E-state index contributed by atoms with van der Waals surface area (Å²) in [5.74, 6) is -3.65. The minimum atomic E-state index is -1.82. The Bertz CT molecular complexity index is 362. The molecule has 2 heterocycles. The lowest BCUT2D eigenvalue weighted by Crippen LogP contribution is -2.12. The van der Waals surface area contributed by atoms with E-state index >= 15 is 0 Å². The molecular weight excluding hydrogens is 224 g/mol. The van der Waals surface area contributed by atoms with Gasteiger partial charge in [0, 0.05) is 18.4 Å². The molecule has 1 aromatic heterocycles. The lowest BCUT2D eigenvalue weighted by molar-refractivity contribution is -0.159. The van der Waals surface area contributed by atoms with Crippen molar-refractivity contribution in [1.29, 1.82) is 0 Å². The molecule has 2 rings (SSSR count). The van der Waals surface area contributed by atoms with E-state index in [0.29, 0.717) is 6.04 Å². The Morgan fingerprint density at radius 1 is 1.24 bits per heavy atom. The molecule has 1 saturated heterocycles. The van der Waals surface area contributed by atoms with Crippen LogP contribution < -0.4 is 5.32 Å². The monoisotopic (exact) mass is 238 g/mol. The third-order valence-corrected chi connectivity index (χ3v) is 2.35. The molecule has 1 atom stereocenters. The van der Waals surface area contributed by atoms with Crippen molar-refractivity contribution in [3.8, 4) is 0 Å². The highest BCUT2D eigenvalue weighted by Gasteiger charge is 2.14. The van der Waals surface area contributed by atoms with Gasteiger partial charge in [0.15, 0.2) is 0 Å². The molecule has 1 fully saturated rings. The van der Waals surface area contributed by atoms with Crippen molar-refractivity contribution in [2.75, 3.05) is 6.54 Å². The first-order chi connectivity index (χ1) is 8.11. The number of aliphatic carboxylic acids is 2. The van der Waals surface area contributed by atoms with Gasteiger partial charge in [0.1, 0.15) is 0 Å². The summed E-state index contributed by atoms with van der Waals surface area (Å²) < 4.78 is 0. The summed E-state index contributed by atoms with van der Waals surface area (Å²) in [6, 6.07) is 4.75. The number of aromatic nitrogens is 1. The second-order valence-corrected chi connectivity index (χ2v) is 3.54. The number of nitrogens with zero attached hydrogens (tertiary/aromatic N) is 1. The molecule has 3 N–H and O–H groups in total. The van der Waals surface area contributed by atoms with Gasteiger partial charge in [0.05, 0.1) is 0 Å². The van der Waals surface area contributed by atoms with Crippen LogP contribution in [0.2, 0.25) is 0 Å². The summed E-state index contributed by atoms with van der Waals surface area (Å²) in [5.41, 5.74) is 1.37. The molecule has 1 aliphatic heterocycles. The third-order valence-electron chi connectivity index (χ3n) is 2.35. The topological polar surface area (TPSA) is 99.5 Å². The molecule has 6 nitrogen and oxygen atoms in total. The smallest absolute Gasteiger partial charge is 0.414 e. The van der Waals surface area contributed by atoms with Crippen LogP contribution in [-0.4, -0.2) is 33.7 Å². The standard InChI is InChI=1S/C9H12N2.C2H2O4/c1-2-9(11-5-1)8-3-6-10-7-4-8;3-1(4)2(5)6/h3-4,6-7,9,11H,1-2,5H2;(H,3,4)(H,5,6). The van der Waals surface area contributed by atoms with Gasteiger partial charge in [-0.05, 0) is 37.1 Å². The van der Waals surface area contributed by atoms with Crippen molar-refractivity contribution in [2.24, 2.45) is 0 Å². The van der Waals surface area contributed by atoms with Crippen LogP contribution in [0.1, 0.15) is 24.4 Å². The number of carboxylic acid groups (broad SMARTS) is 2. The Hall–Kier alpha value is -1.95. The number of carbonyl (C=O) groups is 2. The SMILES string of the molecule is O=C(O)C(=O)O.c1cc(C2CCCN2)ccn1. The van der Waals surface area contributed by atoms with Crippen LogP contribution in [0.15, 0.2) is 24.5 Å². The number of rotatable bonds is 1. The maximum Gasteiger partial charge on any atom is 0.414 e. The zero-order valence-electron chi connectivity index (χ0n) is 9.17. The quantitative estimate of drug-likeness (QED) is 0.621. The number of nitrogens with one attached hydrogen (secondary N) is 1. The van der Waals surface area contributed by atoms with Gasteiger partial charge in [0.2, 0.25) is 0 Å². The largest absolute Gasteiger partial charge is 0.473 e. The van der Waals surface area contributed by atoms with Crippen LogP contribution in [0, 0.1) is 0 Å². The molecular formula is C11H14N2O4. The highest BCUT2D eigenvalue weighted by molar-refractivity contribution is 6.27. The maximum absolute atomic E-state index is 9.10. The van der Waals surface area contributed by atoms with E-state index in [1.165, 1.54) is 18.4 Å². The van der Waals surface area contributed by atoms with E-state index < -0.39 is 11.9 Å². The average Bonchev–Trinajstić information content (AvgIpc) is 2.84. The normalized spacial score (nSPS) is 18.0. The molecule has 0 saturated carbocycles. The summed E-state index contributed by atoms with van der Waals surface area (Å²) in [6.45, 7) is 1.16. The predicted molar refractivity (Wildman–Crippen MR) is 59.5 cm³/mol. The maximum atomic E-state index is 9.10. The second kappa shape index (κ2) is 6.59.